The van der Waals surface area contributed by atoms with Gasteiger partial charge in [-0.3, -0.25) is 4.99 Å². The predicted octanol–water partition coefficient (Wildman–Crippen LogP) is 2.02. The highest BCUT2D eigenvalue weighted by molar-refractivity contribution is 5.85. The molecule has 1 atom stereocenters. The highest BCUT2D eigenvalue weighted by Crippen LogP contribution is 2.27. The third-order valence-electron chi connectivity index (χ3n) is 2.47. The minimum absolute atomic E-state index is 1.02. The van der Waals surface area contributed by atoms with Crippen molar-refractivity contribution in [3.05, 3.63) is 0 Å². The van der Waals surface area contributed by atoms with Crippen LogP contribution in [0.2, 0.25) is 0 Å². The molecule has 0 aromatic carbocycles. The predicted molar refractivity (Wildman–Crippen MR) is 38.9 cm³/mol. The van der Waals surface area contributed by atoms with Crippen LogP contribution in [0.3, 0.4) is 0 Å². The summed E-state index contributed by atoms with van der Waals surface area (Å²) >= 11 is 0. The summed E-state index contributed by atoms with van der Waals surface area (Å²) in [5.74, 6) is 1.02. The van der Waals surface area contributed by atoms with Crippen LogP contribution in [0.15, 0.2) is 4.99 Å². The summed E-state index contributed by atoms with van der Waals surface area (Å²) in [5.41, 5.74) is 1.51. The Morgan fingerprint density at radius 1 is 1.33 bits per heavy atom. The quantitative estimate of drug-likeness (QED) is 0.467. The third-order valence-corrected chi connectivity index (χ3v) is 2.47. The van der Waals surface area contributed by atoms with Crippen LogP contribution in [0.25, 0.3) is 0 Å². The average molecular weight is 123 g/mol. The minimum Gasteiger partial charge on any atom is -0.294 e. The van der Waals surface area contributed by atoms with Crippen molar-refractivity contribution < 1.29 is 0 Å². The van der Waals surface area contributed by atoms with E-state index in [0.29, 0.717) is 0 Å². The van der Waals surface area contributed by atoms with Gasteiger partial charge in [0.2, 0.25) is 0 Å². The Labute approximate surface area is 56.2 Å². The molecule has 0 amide bonds. The van der Waals surface area contributed by atoms with Crippen molar-refractivity contribution in [2.45, 2.75) is 32.1 Å². The molecule has 1 heteroatoms. The van der Waals surface area contributed by atoms with Crippen LogP contribution in [0.1, 0.15) is 32.1 Å². The number of aliphatic imine (C=N–C) groups is 1. The lowest BCUT2D eigenvalue weighted by molar-refractivity contribution is 0.416. The highest BCUT2D eigenvalue weighted by Gasteiger charge is 2.20. The summed E-state index contributed by atoms with van der Waals surface area (Å²) in [7, 11) is 0. The van der Waals surface area contributed by atoms with Crippen molar-refractivity contribution in [3.63, 3.8) is 0 Å². The van der Waals surface area contributed by atoms with Crippen molar-refractivity contribution in [2.75, 3.05) is 6.54 Å². The van der Waals surface area contributed by atoms with E-state index in [1.165, 1.54) is 37.8 Å². The SMILES string of the molecule is C1CC2=NCCC(C1)C2. The second kappa shape index (κ2) is 2.13. The normalized spacial score (nSPS) is 33.8. The van der Waals surface area contributed by atoms with E-state index in [-0.39, 0.29) is 0 Å². The number of nitrogens with zero attached hydrogens (tertiary/aromatic N) is 1. The molecule has 1 aliphatic heterocycles. The van der Waals surface area contributed by atoms with E-state index in [4.69, 9.17) is 0 Å². The Morgan fingerprint density at radius 3 is 3.11 bits per heavy atom. The van der Waals surface area contributed by atoms with Crippen LogP contribution in [0.5, 0.6) is 0 Å². The average Bonchev–Trinajstić information content (AvgIpc) is 1.88. The zero-order valence-electron chi connectivity index (χ0n) is 5.77. The van der Waals surface area contributed by atoms with E-state index >= 15 is 0 Å². The lowest BCUT2D eigenvalue weighted by Gasteiger charge is -2.26. The summed E-state index contributed by atoms with van der Waals surface area (Å²) < 4.78 is 0. The van der Waals surface area contributed by atoms with E-state index in [0.717, 1.165) is 12.5 Å². The fourth-order valence-electron chi connectivity index (χ4n) is 1.93. The molecule has 0 spiro atoms. The zero-order valence-corrected chi connectivity index (χ0v) is 5.77. The molecule has 0 N–H and O–H groups in total. The zero-order chi connectivity index (χ0) is 6.10. The first-order valence-electron chi connectivity index (χ1n) is 3.97. The van der Waals surface area contributed by atoms with E-state index in [1.807, 2.05) is 0 Å². The van der Waals surface area contributed by atoms with Gasteiger partial charge in [0.1, 0.15) is 0 Å². The fourth-order valence-corrected chi connectivity index (χ4v) is 1.93. The van der Waals surface area contributed by atoms with Gasteiger partial charge in [0.25, 0.3) is 0 Å². The molecule has 2 rings (SSSR count). The molecule has 0 aromatic heterocycles. The van der Waals surface area contributed by atoms with Gasteiger partial charge in [-0.25, -0.2) is 0 Å². The number of hydrogen-bond donors (Lipinski definition) is 0. The van der Waals surface area contributed by atoms with Gasteiger partial charge in [-0.1, -0.05) is 0 Å². The van der Waals surface area contributed by atoms with Crippen molar-refractivity contribution in [3.8, 4) is 0 Å². The molecule has 9 heavy (non-hydrogen) atoms. The molecular weight excluding hydrogens is 110 g/mol. The Kier molecular flexibility index (Phi) is 1.29. The van der Waals surface area contributed by atoms with Crippen LogP contribution in [0.4, 0.5) is 0 Å². The highest BCUT2D eigenvalue weighted by atomic mass is 14.8. The van der Waals surface area contributed by atoms with Gasteiger partial charge in [0.05, 0.1) is 0 Å². The molecular formula is C8H13N. The van der Waals surface area contributed by atoms with Crippen molar-refractivity contribution in [1.82, 2.24) is 0 Å². The second-order valence-corrected chi connectivity index (χ2v) is 3.20. The maximum absolute atomic E-state index is 4.47. The van der Waals surface area contributed by atoms with Crippen LogP contribution < -0.4 is 0 Å². The maximum atomic E-state index is 4.47. The van der Waals surface area contributed by atoms with Crippen LogP contribution >= 0.6 is 0 Å². The largest absolute Gasteiger partial charge is 0.294 e. The van der Waals surface area contributed by atoms with E-state index in [9.17, 15) is 0 Å². The summed E-state index contributed by atoms with van der Waals surface area (Å²) in [4.78, 5) is 4.47. The summed E-state index contributed by atoms with van der Waals surface area (Å²) in [6.07, 6.45) is 6.88. The molecule has 1 saturated carbocycles. The lowest BCUT2D eigenvalue weighted by atomic mass is 9.84. The summed E-state index contributed by atoms with van der Waals surface area (Å²) in [6, 6.07) is 0. The Hall–Kier alpha value is -0.330. The van der Waals surface area contributed by atoms with Crippen molar-refractivity contribution in [1.29, 1.82) is 0 Å². The molecule has 1 nitrogen and oxygen atoms in total. The standard InChI is InChI=1S/C8H13N/c1-2-7-4-5-9-8(3-1)6-7/h7H,1-6H2. The lowest BCUT2D eigenvalue weighted by Crippen LogP contribution is -2.20. The first-order valence-corrected chi connectivity index (χ1v) is 3.97. The maximum Gasteiger partial charge on any atom is 0.0391 e. The van der Waals surface area contributed by atoms with Gasteiger partial charge >= 0.3 is 0 Å². The van der Waals surface area contributed by atoms with Crippen molar-refractivity contribution >= 4 is 5.71 Å². The van der Waals surface area contributed by atoms with Crippen LogP contribution in [-0.4, -0.2) is 12.3 Å². The van der Waals surface area contributed by atoms with E-state index in [2.05, 4.69) is 4.99 Å². The summed E-state index contributed by atoms with van der Waals surface area (Å²) in [5, 5.41) is 0. The Balaban J connectivity index is 2.13. The molecule has 0 radical (unpaired) electrons. The molecule has 1 unspecified atom stereocenters. The summed E-state index contributed by atoms with van der Waals surface area (Å²) in [6.45, 7) is 1.12. The monoisotopic (exact) mass is 123 g/mol. The molecule has 0 aromatic rings. The molecule has 1 heterocycles. The number of fused-ring (bicyclic) bond motifs is 2. The van der Waals surface area contributed by atoms with Crippen LogP contribution in [0, 0.1) is 5.92 Å². The van der Waals surface area contributed by atoms with Gasteiger partial charge < -0.3 is 0 Å². The van der Waals surface area contributed by atoms with Crippen LogP contribution in [-0.2, 0) is 0 Å². The topological polar surface area (TPSA) is 12.4 Å². The third kappa shape index (κ3) is 1.00. The fraction of sp³-hybridized carbons (Fsp3) is 0.875. The van der Waals surface area contributed by atoms with E-state index < -0.39 is 0 Å². The van der Waals surface area contributed by atoms with Gasteiger partial charge in [0.15, 0.2) is 0 Å². The first-order chi connectivity index (χ1) is 4.45. The number of hydrogen-bond acceptors (Lipinski definition) is 1. The molecule has 50 valence electrons. The Bertz CT molecular complexity index is 138. The molecule has 1 fully saturated rings. The minimum atomic E-state index is 1.02. The molecule has 1 aliphatic carbocycles. The van der Waals surface area contributed by atoms with Gasteiger partial charge in [-0.15, -0.1) is 0 Å². The molecule has 0 saturated heterocycles. The van der Waals surface area contributed by atoms with Crippen molar-refractivity contribution in [2.24, 2.45) is 10.9 Å². The smallest absolute Gasteiger partial charge is 0.0391 e. The first kappa shape index (κ1) is 5.45. The van der Waals surface area contributed by atoms with Gasteiger partial charge in [0, 0.05) is 12.3 Å². The Morgan fingerprint density at radius 2 is 2.33 bits per heavy atom. The second-order valence-electron chi connectivity index (χ2n) is 3.20. The molecule has 2 aliphatic rings. The number of rotatable bonds is 0. The molecule has 2 bridgehead atoms. The van der Waals surface area contributed by atoms with Gasteiger partial charge in [-0.05, 0) is 38.0 Å². The van der Waals surface area contributed by atoms with E-state index in [1.54, 1.807) is 0 Å². The van der Waals surface area contributed by atoms with Gasteiger partial charge in [-0.2, -0.15) is 0 Å².